The molecule has 25 heavy (non-hydrogen) atoms. The highest BCUT2D eigenvalue weighted by Gasteiger charge is 2.25. The highest BCUT2D eigenvalue weighted by Crippen LogP contribution is 2.22. The Balaban J connectivity index is 2.84. The molecule has 0 spiro atoms. The van der Waals surface area contributed by atoms with Crippen LogP contribution in [-0.4, -0.2) is 40.4 Å². The average molecular weight is 372 g/mol. The number of nitrogens with zero attached hydrogens (tertiary/aromatic N) is 1. The SMILES string of the molecule is CC(C)C(NC(=O)c1ccc([N+](=O)[O-])cc1Cl)C(=O)NCCC(=O)O. The Morgan fingerprint density at radius 1 is 1.32 bits per heavy atom. The molecule has 10 heteroatoms. The van der Waals surface area contributed by atoms with Crippen LogP contribution in [0.1, 0.15) is 30.6 Å². The van der Waals surface area contributed by atoms with Gasteiger partial charge in [0, 0.05) is 18.7 Å². The number of amides is 2. The molecule has 0 heterocycles. The van der Waals surface area contributed by atoms with E-state index in [9.17, 15) is 24.5 Å². The van der Waals surface area contributed by atoms with Crippen molar-refractivity contribution in [2.24, 2.45) is 5.92 Å². The molecular formula is C15H18ClN3O6. The van der Waals surface area contributed by atoms with Crippen LogP contribution < -0.4 is 10.6 Å². The summed E-state index contributed by atoms with van der Waals surface area (Å²) in [6.07, 6.45) is -0.237. The minimum absolute atomic E-state index is 0.00347. The third kappa shape index (κ3) is 6.03. The summed E-state index contributed by atoms with van der Waals surface area (Å²) in [6.45, 7) is 3.35. The molecule has 0 aliphatic heterocycles. The molecule has 0 aliphatic carbocycles. The maximum Gasteiger partial charge on any atom is 0.305 e. The normalized spacial score (nSPS) is 11.7. The number of aliphatic carboxylic acids is 1. The van der Waals surface area contributed by atoms with Crippen LogP contribution in [0, 0.1) is 16.0 Å². The molecule has 1 atom stereocenters. The van der Waals surface area contributed by atoms with E-state index in [1.165, 1.54) is 6.07 Å². The van der Waals surface area contributed by atoms with Crippen molar-refractivity contribution in [3.8, 4) is 0 Å². The van der Waals surface area contributed by atoms with Crippen molar-refractivity contribution < 1.29 is 24.4 Å². The summed E-state index contributed by atoms with van der Waals surface area (Å²) >= 11 is 5.90. The highest BCUT2D eigenvalue weighted by molar-refractivity contribution is 6.34. The van der Waals surface area contributed by atoms with Crippen LogP contribution in [0.25, 0.3) is 0 Å². The van der Waals surface area contributed by atoms with Crippen LogP contribution in [-0.2, 0) is 9.59 Å². The summed E-state index contributed by atoms with van der Waals surface area (Å²) in [6, 6.07) is 2.48. The van der Waals surface area contributed by atoms with Crippen molar-refractivity contribution in [2.75, 3.05) is 6.54 Å². The number of hydrogen-bond donors (Lipinski definition) is 3. The number of halogens is 1. The molecule has 136 valence electrons. The van der Waals surface area contributed by atoms with Gasteiger partial charge >= 0.3 is 5.97 Å². The minimum Gasteiger partial charge on any atom is -0.481 e. The van der Waals surface area contributed by atoms with E-state index in [1.54, 1.807) is 13.8 Å². The minimum atomic E-state index is -1.05. The first kappa shape index (κ1) is 20.4. The summed E-state index contributed by atoms with van der Waals surface area (Å²) in [4.78, 5) is 45.0. The molecule has 0 radical (unpaired) electrons. The van der Waals surface area contributed by atoms with Crippen molar-refractivity contribution in [3.63, 3.8) is 0 Å². The number of benzene rings is 1. The van der Waals surface area contributed by atoms with E-state index >= 15 is 0 Å². The number of nitrogens with one attached hydrogen (secondary N) is 2. The van der Waals surface area contributed by atoms with E-state index < -0.39 is 28.7 Å². The summed E-state index contributed by atoms with van der Waals surface area (Å²) in [7, 11) is 0. The third-order valence-electron chi connectivity index (χ3n) is 3.28. The molecule has 0 aliphatic rings. The number of hydrogen-bond acceptors (Lipinski definition) is 5. The van der Waals surface area contributed by atoms with Gasteiger partial charge in [0.05, 0.1) is 21.9 Å². The van der Waals surface area contributed by atoms with Crippen molar-refractivity contribution in [1.82, 2.24) is 10.6 Å². The lowest BCUT2D eigenvalue weighted by Crippen LogP contribution is -2.50. The topological polar surface area (TPSA) is 139 Å². The molecular weight excluding hydrogens is 354 g/mol. The van der Waals surface area contributed by atoms with Crippen molar-refractivity contribution in [1.29, 1.82) is 0 Å². The third-order valence-corrected chi connectivity index (χ3v) is 3.59. The summed E-state index contributed by atoms with van der Waals surface area (Å²) in [5.74, 6) is -2.51. The van der Waals surface area contributed by atoms with Crippen LogP contribution in [0.3, 0.4) is 0 Å². The van der Waals surface area contributed by atoms with E-state index in [-0.39, 0.29) is 35.2 Å². The number of rotatable bonds is 8. The first-order valence-electron chi connectivity index (χ1n) is 7.37. The van der Waals surface area contributed by atoms with Gasteiger partial charge in [-0.3, -0.25) is 24.5 Å². The van der Waals surface area contributed by atoms with Gasteiger partial charge in [-0.2, -0.15) is 0 Å². The lowest BCUT2D eigenvalue weighted by atomic mass is 10.0. The Labute approximate surface area is 148 Å². The molecule has 1 aromatic rings. The quantitative estimate of drug-likeness (QED) is 0.468. The van der Waals surface area contributed by atoms with Crippen LogP contribution in [0.4, 0.5) is 5.69 Å². The predicted molar refractivity (Wildman–Crippen MR) is 89.5 cm³/mol. The summed E-state index contributed by atoms with van der Waals surface area (Å²) in [5.41, 5.74) is -0.260. The van der Waals surface area contributed by atoms with Gasteiger partial charge in [-0.25, -0.2) is 0 Å². The molecule has 9 nitrogen and oxygen atoms in total. The van der Waals surface area contributed by atoms with E-state index in [4.69, 9.17) is 16.7 Å². The van der Waals surface area contributed by atoms with E-state index in [0.29, 0.717) is 0 Å². The van der Waals surface area contributed by atoms with Crippen LogP contribution in [0.15, 0.2) is 18.2 Å². The molecule has 1 unspecified atom stereocenters. The van der Waals surface area contributed by atoms with Crippen LogP contribution >= 0.6 is 11.6 Å². The molecule has 1 rings (SSSR count). The molecule has 0 saturated heterocycles. The Bertz CT molecular complexity index is 692. The average Bonchev–Trinajstić information content (AvgIpc) is 2.51. The fraction of sp³-hybridized carbons (Fsp3) is 0.400. The lowest BCUT2D eigenvalue weighted by Gasteiger charge is -2.21. The zero-order valence-electron chi connectivity index (χ0n) is 13.6. The van der Waals surface area contributed by atoms with E-state index in [0.717, 1.165) is 12.1 Å². The molecule has 1 aromatic carbocycles. The monoisotopic (exact) mass is 371 g/mol. The molecule has 0 saturated carbocycles. The molecule has 0 bridgehead atoms. The number of carboxylic acids is 1. The first-order chi connectivity index (χ1) is 11.6. The number of nitro benzene ring substituents is 1. The smallest absolute Gasteiger partial charge is 0.305 e. The van der Waals surface area contributed by atoms with Gasteiger partial charge in [-0.1, -0.05) is 25.4 Å². The summed E-state index contributed by atoms with van der Waals surface area (Å²) in [5, 5.41) is 24.1. The number of nitro groups is 1. The van der Waals surface area contributed by atoms with Gasteiger partial charge < -0.3 is 15.7 Å². The predicted octanol–water partition coefficient (Wildman–Crippen LogP) is 1.59. The zero-order chi connectivity index (χ0) is 19.1. The lowest BCUT2D eigenvalue weighted by molar-refractivity contribution is -0.384. The van der Waals surface area contributed by atoms with Crippen LogP contribution in [0.5, 0.6) is 0 Å². The second-order valence-electron chi connectivity index (χ2n) is 5.55. The zero-order valence-corrected chi connectivity index (χ0v) is 14.4. The van der Waals surface area contributed by atoms with Crippen LogP contribution in [0.2, 0.25) is 5.02 Å². The summed E-state index contributed by atoms with van der Waals surface area (Å²) < 4.78 is 0. The number of carbonyl (C=O) groups excluding carboxylic acids is 2. The van der Waals surface area contributed by atoms with Crippen molar-refractivity contribution >= 4 is 35.1 Å². The number of carbonyl (C=O) groups is 3. The van der Waals surface area contributed by atoms with Gasteiger partial charge in [0.2, 0.25) is 5.91 Å². The van der Waals surface area contributed by atoms with Gasteiger partial charge in [0.1, 0.15) is 6.04 Å². The second-order valence-corrected chi connectivity index (χ2v) is 5.96. The first-order valence-corrected chi connectivity index (χ1v) is 7.75. The largest absolute Gasteiger partial charge is 0.481 e. The Morgan fingerprint density at radius 3 is 2.44 bits per heavy atom. The Kier molecular flexibility index (Phi) is 7.31. The Hall–Kier alpha value is -2.68. The van der Waals surface area contributed by atoms with Gasteiger partial charge in [0.15, 0.2) is 0 Å². The van der Waals surface area contributed by atoms with Crippen molar-refractivity contribution in [3.05, 3.63) is 38.9 Å². The maximum absolute atomic E-state index is 12.3. The molecule has 2 amide bonds. The van der Waals surface area contributed by atoms with Gasteiger partial charge in [0.25, 0.3) is 11.6 Å². The van der Waals surface area contributed by atoms with Gasteiger partial charge in [-0.05, 0) is 12.0 Å². The van der Waals surface area contributed by atoms with Gasteiger partial charge in [-0.15, -0.1) is 0 Å². The highest BCUT2D eigenvalue weighted by atomic mass is 35.5. The molecule has 0 aromatic heterocycles. The fourth-order valence-electron chi connectivity index (χ4n) is 1.96. The maximum atomic E-state index is 12.3. The van der Waals surface area contributed by atoms with E-state index in [2.05, 4.69) is 10.6 Å². The fourth-order valence-corrected chi connectivity index (χ4v) is 2.22. The number of carboxylic acid groups (broad SMARTS) is 1. The molecule has 0 fully saturated rings. The van der Waals surface area contributed by atoms with E-state index in [1.807, 2.05) is 0 Å². The Morgan fingerprint density at radius 2 is 1.96 bits per heavy atom. The second kappa shape index (κ2) is 8.97. The number of non-ortho nitro benzene ring substituents is 1. The standard InChI is InChI=1S/C15H18ClN3O6/c1-8(2)13(15(23)17-6-5-12(20)21)18-14(22)10-4-3-9(19(24)25)7-11(10)16/h3-4,7-8,13H,5-6H2,1-2H3,(H,17,23)(H,18,22)(H,20,21). The van der Waals surface area contributed by atoms with Crippen molar-refractivity contribution in [2.45, 2.75) is 26.3 Å². The molecule has 3 N–H and O–H groups in total.